The van der Waals surface area contributed by atoms with Crippen molar-refractivity contribution in [2.45, 2.75) is 13.8 Å². The third-order valence-corrected chi connectivity index (χ3v) is 6.39. The van der Waals surface area contributed by atoms with E-state index in [0.717, 1.165) is 18.8 Å². The first-order chi connectivity index (χ1) is 19.6. The number of benzene rings is 2. The summed E-state index contributed by atoms with van der Waals surface area (Å²) in [7, 11) is 0. The first-order valence-corrected chi connectivity index (χ1v) is 13.7. The number of nitrogens with zero attached hydrogens (tertiary/aromatic N) is 1. The summed E-state index contributed by atoms with van der Waals surface area (Å²) in [5.41, 5.74) is 0.920. The number of fused-ring (bicyclic) bond motifs is 2. The van der Waals surface area contributed by atoms with Gasteiger partial charge in [-0.3, -0.25) is 4.79 Å². The van der Waals surface area contributed by atoms with E-state index in [9.17, 15) is 9.59 Å². The molecule has 0 unspecified atom stereocenters. The lowest BCUT2D eigenvalue weighted by atomic mass is 10.0. The second-order valence-electron chi connectivity index (χ2n) is 8.98. The van der Waals surface area contributed by atoms with E-state index in [4.69, 9.17) is 32.8 Å². The van der Waals surface area contributed by atoms with Crippen LogP contribution in [-0.2, 0) is 18.9 Å². The fourth-order valence-corrected chi connectivity index (χ4v) is 4.26. The minimum absolute atomic E-state index is 0.0527. The van der Waals surface area contributed by atoms with E-state index in [-0.39, 0.29) is 24.3 Å². The van der Waals surface area contributed by atoms with Gasteiger partial charge in [0.1, 0.15) is 24.4 Å². The maximum Gasteiger partial charge on any atom is 0.347 e. The first kappa shape index (κ1) is 29.5. The van der Waals surface area contributed by atoms with Gasteiger partial charge in [0.05, 0.1) is 52.9 Å². The summed E-state index contributed by atoms with van der Waals surface area (Å²) in [4.78, 5) is 28.4. The summed E-state index contributed by atoms with van der Waals surface area (Å²) < 4.78 is 39.3. The second kappa shape index (κ2) is 15.4. The Labute approximate surface area is 233 Å². The maximum atomic E-state index is 13.4. The summed E-state index contributed by atoms with van der Waals surface area (Å²) in [6, 6.07) is 12.0. The van der Waals surface area contributed by atoms with Crippen molar-refractivity contribution in [3.05, 3.63) is 64.0 Å². The highest BCUT2D eigenvalue weighted by Crippen LogP contribution is 2.30. The Bertz CT molecular complexity index is 1300. The molecule has 2 heterocycles. The lowest BCUT2D eigenvalue weighted by Crippen LogP contribution is -2.21. The Balaban J connectivity index is 1.53. The van der Waals surface area contributed by atoms with Crippen molar-refractivity contribution >= 4 is 22.4 Å². The van der Waals surface area contributed by atoms with Crippen LogP contribution in [0.3, 0.4) is 0 Å². The number of hydrogen-bond donors (Lipinski definition) is 0. The summed E-state index contributed by atoms with van der Waals surface area (Å²) >= 11 is 0. The number of anilines is 1. The van der Waals surface area contributed by atoms with Gasteiger partial charge >= 0.3 is 5.63 Å². The quantitative estimate of drug-likeness (QED) is 0.342. The molecule has 40 heavy (non-hydrogen) atoms. The predicted octanol–water partition coefficient (Wildman–Crippen LogP) is 3.71. The van der Waals surface area contributed by atoms with Gasteiger partial charge in [0.15, 0.2) is 11.5 Å². The van der Waals surface area contributed by atoms with Crippen LogP contribution < -0.4 is 20.0 Å². The highest BCUT2D eigenvalue weighted by molar-refractivity contribution is 6.10. The molecule has 2 aromatic carbocycles. The fourth-order valence-electron chi connectivity index (χ4n) is 4.26. The molecule has 0 saturated heterocycles. The largest absolute Gasteiger partial charge is 0.487 e. The van der Waals surface area contributed by atoms with E-state index >= 15 is 0 Å². The van der Waals surface area contributed by atoms with Crippen LogP contribution in [0.25, 0.3) is 11.0 Å². The molecule has 3 aromatic rings. The highest BCUT2D eigenvalue weighted by Gasteiger charge is 2.19. The standard InChI is InChI=1S/C30H37NO9/c1-3-31(4-2)24-7-5-22-19-25(30(33)40-27(22)21-24)29(32)23-6-8-26-28(20-23)39-18-16-37-14-12-35-10-9-34-11-13-36-15-17-38-26/h5-8,19-21H,3-4,9-18H2,1-2H3. The molecule has 0 N–H and O–H groups in total. The molecule has 10 nitrogen and oxygen atoms in total. The third-order valence-electron chi connectivity index (χ3n) is 6.39. The molecule has 0 aliphatic carbocycles. The van der Waals surface area contributed by atoms with E-state index in [2.05, 4.69) is 18.7 Å². The summed E-state index contributed by atoms with van der Waals surface area (Å²) in [5, 5.41) is 0.668. The van der Waals surface area contributed by atoms with Gasteiger partial charge in [-0.1, -0.05) is 0 Å². The van der Waals surface area contributed by atoms with Crippen LogP contribution in [0.2, 0.25) is 0 Å². The average Bonchev–Trinajstić information content (AvgIpc) is 2.96. The van der Waals surface area contributed by atoms with Gasteiger partial charge in [-0.25, -0.2) is 4.79 Å². The molecule has 0 spiro atoms. The average molecular weight is 556 g/mol. The number of hydrogen-bond acceptors (Lipinski definition) is 10. The molecule has 0 amide bonds. The Hall–Kier alpha value is -3.44. The van der Waals surface area contributed by atoms with Gasteiger partial charge in [0, 0.05) is 35.8 Å². The van der Waals surface area contributed by atoms with Crippen molar-refractivity contribution in [1.82, 2.24) is 0 Å². The molecule has 4 rings (SSSR count). The maximum absolute atomic E-state index is 13.4. The smallest absolute Gasteiger partial charge is 0.347 e. The van der Waals surface area contributed by atoms with Crippen LogP contribution in [0.4, 0.5) is 5.69 Å². The van der Waals surface area contributed by atoms with Gasteiger partial charge < -0.3 is 37.7 Å². The Morgan fingerprint density at radius 1 is 0.700 bits per heavy atom. The molecule has 0 radical (unpaired) electrons. The number of ether oxygens (including phenoxy) is 6. The Morgan fingerprint density at radius 3 is 1.88 bits per heavy atom. The fraction of sp³-hybridized carbons (Fsp3) is 0.467. The monoisotopic (exact) mass is 555 g/mol. The highest BCUT2D eigenvalue weighted by atomic mass is 16.6. The van der Waals surface area contributed by atoms with Gasteiger partial charge in [0.2, 0.25) is 5.78 Å². The van der Waals surface area contributed by atoms with Gasteiger partial charge in [-0.05, 0) is 50.2 Å². The van der Waals surface area contributed by atoms with Crippen molar-refractivity contribution in [3.63, 3.8) is 0 Å². The minimum Gasteiger partial charge on any atom is -0.487 e. The molecule has 10 heteroatoms. The summed E-state index contributed by atoms with van der Waals surface area (Å²) in [6.07, 6.45) is 0. The summed E-state index contributed by atoms with van der Waals surface area (Å²) in [6.45, 7) is 9.74. The number of rotatable bonds is 5. The Kier molecular flexibility index (Phi) is 11.4. The van der Waals surface area contributed by atoms with Gasteiger partial charge in [-0.2, -0.15) is 0 Å². The molecule has 0 fully saturated rings. The zero-order valence-corrected chi connectivity index (χ0v) is 23.1. The van der Waals surface area contributed by atoms with Crippen LogP contribution in [0.15, 0.2) is 51.7 Å². The Morgan fingerprint density at radius 2 is 1.27 bits per heavy atom. The zero-order chi connectivity index (χ0) is 28.2. The molecule has 1 aliphatic heterocycles. The lowest BCUT2D eigenvalue weighted by molar-refractivity contribution is -0.00841. The van der Waals surface area contributed by atoms with Crippen LogP contribution in [-0.4, -0.2) is 84.9 Å². The van der Waals surface area contributed by atoms with Crippen LogP contribution in [0.1, 0.15) is 29.8 Å². The zero-order valence-electron chi connectivity index (χ0n) is 23.1. The van der Waals surface area contributed by atoms with Crippen molar-refractivity contribution in [3.8, 4) is 11.5 Å². The molecule has 0 bridgehead atoms. The number of ketones is 1. The molecule has 216 valence electrons. The number of carbonyl (C=O) groups is 1. The SMILES string of the molecule is CCN(CC)c1ccc2cc(C(=O)c3ccc4c(c3)OCCOCCOCCOCCOCCO4)c(=O)oc2c1. The van der Waals surface area contributed by atoms with E-state index in [1.807, 2.05) is 18.2 Å². The number of carbonyl (C=O) groups excluding carboxylic acids is 1. The topological polar surface area (TPSA) is 106 Å². The van der Waals surface area contributed by atoms with E-state index < -0.39 is 11.4 Å². The van der Waals surface area contributed by atoms with E-state index in [0.29, 0.717) is 75.3 Å². The predicted molar refractivity (Wildman–Crippen MR) is 150 cm³/mol. The van der Waals surface area contributed by atoms with Crippen molar-refractivity contribution in [2.24, 2.45) is 0 Å². The minimum atomic E-state index is -0.693. The van der Waals surface area contributed by atoms with E-state index in [1.54, 1.807) is 24.3 Å². The molecular weight excluding hydrogens is 518 g/mol. The lowest BCUT2D eigenvalue weighted by Gasteiger charge is -2.21. The van der Waals surface area contributed by atoms with Crippen molar-refractivity contribution in [1.29, 1.82) is 0 Å². The summed E-state index contributed by atoms with van der Waals surface area (Å²) in [5.74, 6) is 0.352. The third kappa shape index (κ3) is 8.04. The van der Waals surface area contributed by atoms with Crippen LogP contribution in [0.5, 0.6) is 11.5 Å². The molecule has 1 aliphatic rings. The molecule has 0 atom stereocenters. The van der Waals surface area contributed by atoms with Crippen LogP contribution >= 0.6 is 0 Å². The van der Waals surface area contributed by atoms with Crippen molar-refractivity contribution < 1.29 is 37.6 Å². The normalized spacial score (nSPS) is 16.1. The molecular formula is C30H37NO9. The van der Waals surface area contributed by atoms with Crippen LogP contribution in [0, 0.1) is 0 Å². The first-order valence-electron chi connectivity index (χ1n) is 13.7. The second-order valence-corrected chi connectivity index (χ2v) is 8.98. The van der Waals surface area contributed by atoms with Gasteiger partial charge in [-0.15, -0.1) is 0 Å². The van der Waals surface area contributed by atoms with E-state index in [1.165, 1.54) is 0 Å². The molecule has 1 aromatic heterocycles. The van der Waals surface area contributed by atoms with Gasteiger partial charge in [0.25, 0.3) is 0 Å². The van der Waals surface area contributed by atoms with Crippen molar-refractivity contribution in [2.75, 3.05) is 84.1 Å². The molecule has 0 saturated carbocycles.